The van der Waals surface area contributed by atoms with Gasteiger partial charge in [0.25, 0.3) is 0 Å². The average Bonchev–Trinajstić information content (AvgIpc) is 3.33. The van der Waals surface area contributed by atoms with Gasteiger partial charge in [-0.2, -0.15) is 0 Å². The Morgan fingerprint density at radius 1 is 0.565 bits per heavy atom. The Labute approximate surface area is 412 Å². The molecule has 8 heteroatoms. The molecule has 0 saturated heterocycles. The number of aliphatic hydroxyl groups is 2. The van der Waals surface area contributed by atoms with E-state index in [1.807, 2.05) is 48.5 Å². The van der Waals surface area contributed by atoms with Crippen LogP contribution in [-0.4, -0.2) is 60.8 Å². The fourth-order valence-electron chi connectivity index (χ4n) is 13.5. The van der Waals surface area contributed by atoms with Crippen molar-refractivity contribution in [3.8, 4) is 11.5 Å². The predicted octanol–water partition coefficient (Wildman–Crippen LogP) is 12.2. The fourth-order valence-corrected chi connectivity index (χ4v) is 13.5. The van der Waals surface area contributed by atoms with E-state index in [4.69, 9.17) is 18.9 Å². The van der Waals surface area contributed by atoms with Crippen molar-refractivity contribution in [2.24, 2.45) is 22.7 Å². The van der Waals surface area contributed by atoms with Crippen LogP contribution in [0.15, 0.2) is 84.9 Å². The van der Waals surface area contributed by atoms with Crippen LogP contribution in [-0.2, 0) is 48.1 Å². The Bertz CT molecular complexity index is 2290. The maximum absolute atomic E-state index is 13.9. The Balaban J connectivity index is 0.783. The van der Waals surface area contributed by atoms with E-state index >= 15 is 0 Å². The Morgan fingerprint density at radius 3 is 1.30 bits per heavy atom. The van der Waals surface area contributed by atoms with E-state index in [9.17, 15) is 19.8 Å². The third-order valence-electron chi connectivity index (χ3n) is 17.9. The monoisotopic (exact) mass is 941 g/mol. The van der Waals surface area contributed by atoms with E-state index in [1.165, 1.54) is 33.4 Å². The summed E-state index contributed by atoms with van der Waals surface area (Å²) in [6, 6.07) is 29.7. The molecule has 2 fully saturated rings. The van der Waals surface area contributed by atoms with Gasteiger partial charge < -0.3 is 29.2 Å². The van der Waals surface area contributed by atoms with Crippen LogP contribution in [0.1, 0.15) is 177 Å². The summed E-state index contributed by atoms with van der Waals surface area (Å²) >= 11 is 0. The molecular formula is C61H80O8. The number of benzene rings is 4. The molecular weight excluding hydrogens is 861 g/mol. The maximum atomic E-state index is 13.9. The molecule has 8 nitrogen and oxygen atoms in total. The van der Waals surface area contributed by atoms with Crippen LogP contribution in [0.2, 0.25) is 0 Å². The minimum Gasteiger partial charge on any atom is -0.491 e. The lowest BCUT2D eigenvalue weighted by Crippen LogP contribution is -2.53. The van der Waals surface area contributed by atoms with Crippen LogP contribution in [0.4, 0.5) is 0 Å². The standard InChI is InChI=1S/C61H80O8/c1-39(2)41-13-25-51-43(33-41)15-27-53-58(51,7)29-11-31-60(53,9)55(64)68-37-47(62)35-66-49-21-17-45(18-22-49)57(5,6)46-19-23-50(24-20-46)67-36-48(63)38-69-56(65)61(10)32-12-30-59(8)52-26-14-42(40(3)4)34-44(52)16-28-54(59)61/h13-14,17-26,33-34,39-40,47-48,53-54,62-63H,11-12,15-16,27-32,35-38H2,1-10H3. The quantitative estimate of drug-likeness (QED) is 0.107. The van der Waals surface area contributed by atoms with Crippen LogP contribution >= 0.6 is 0 Å². The second kappa shape index (κ2) is 19.9. The average molecular weight is 941 g/mol. The van der Waals surface area contributed by atoms with Gasteiger partial charge in [-0.1, -0.05) is 129 Å². The first kappa shape index (κ1) is 50.7. The van der Waals surface area contributed by atoms with E-state index in [-0.39, 0.29) is 66.4 Å². The molecule has 0 amide bonds. The van der Waals surface area contributed by atoms with Gasteiger partial charge in [0.2, 0.25) is 0 Å². The number of fused-ring (bicyclic) bond motifs is 6. The first-order chi connectivity index (χ1) is 32.7. The zero-order valence-corrected chi connectivity index (χ0v) is 43.3. The van der Waals surface area contributed by atoms with Gasteiger partial charge in [-0.15, -0.1) is 0 Å². The first-order valence-electron chi connectivity index (χ1n) is 26.1. The van der Waals surface area contributed by atoms with Crippen molar-refractivity contribution in [3.05, 3.63) is 129 Å². The SMILES string of the molecule is CC(C)c1ccc2c(c1)CCC1C(C)(C(=O)OCC(O)COc3ccc(C(C)(C)c4ccc(OCC(O)COC(=O)C5(C)CCCC6(C)c7ccc(C(C)C)cc7CCC56)cc4)cc3)CCCC21C. The predicted molar refractivity (Wildman–Crippen MR) is 273 cm³/mol. The normalized spacial score (nSPS) is 27.3. The van der Waals surface area contributed by atoms with Gasteiger partial charge in [0.05, 0.1) is 10.8 Å². The molecule has 69 heavy (non-hydrogen) atoms. The van der Waals surface area contributed by atoms with Crippen molar-refractivity contribution >= 4 is 11.9 Å². The van der Waals surface area contributed by atoms with Crippen LogP contribution < -0.4 is 9.47 Å². The molecule has 0 heterocycles. The van der Waals surface area contributed by atoms with E-state index in [1.54, 1.807) is 0 Å². The van der Waals surface area contributed by atoms with Crippen LogP contribution in [0.3, 0.4) is 0 Å². The molecule has 4 aromatic rings. The van der Waals surface area contributed by atoms with Gasteiger partial charge in [-0.05, 0) is 168 Å². The molecule has 0 radical (unpaired) electrons. The van der Waals surface area contributed by atoms with Crippen LogP contribution in [0.5, 0.6) is 11.5 Å². The van der Waals surface area contributed by atoms with Crippen molar-refractivity contribution in [1.29, 1.82) is 0 Å². The van der Waals surface area contributed by atoms with Gasteiger partial charge in [-0.25, -0.2) is 0 Å². The lowest BCUT2D eigenvalue weighted by atomic mass is 9.49. The fraction of sp³-hybridized carbons (Fsp3) is 0.574. The second-order valence-corrected chi connectivity index (χ2v) is 23.5. The van der Waals surface area contributed by atoms with Gasteiger partial charge in [0.1, 0.15) is 50.1 Å². The third kappa shape index (κ3) is 9.88. The number of carbonyl (C=O) groups excluding carboxylic acids is 2. The summed E-state index contributed by atoms with van der Waals surface area (Å²) in [6.07, 6.45) is 7.56. The largest absolute Gasteiger partial charge is 0.491 e. The summed E-state index contributed by atoms with van der Waals surface area (Å²) < 4.78 is 23.7. The molecule has 0 aromatic heterocycles. The molecule has 4 aliphatic carbocycles. The lowest BCUT2D eigenvalue weighted by Gasteiger charge is -2.54. The summed E-state index contributed by atoms with van der Waals surface area (Å²) in [5, 5.41) is 21.8. The molecule has 0 spiro atoms. The molecule has 4 aliphatic rings. The number of hydrogen-bond acceptors (Lipinski definition) is 8. The number of aryl methyl sites for hydroxylation is 2. The number of esters is 2. The van der Waals surface area contributed by atoms with Gasteiger partial charge in [0, 0.05) is 5.41 Å². The number of carbonyl (C=O) groups is 2. The topological polar surface area (TPSA) is 112 Å². The molecule has 8 rings (SSSR count). The molecule has 4 aromatic carbocycles. The van der Waals surface area contributed by atoms with E-state index in [2.05, 4.69) is 106 Å². The maximum Gasteiger partial charge on any atom is 0.312 e. The van der Waals surface area contributed by atoms with E-state index in [0.717, 1.165) is 75.3 Å². The van der Waals surface area contributed by atoms with E-state index < -0.39 is 23.0 Å². The molecule has 8 unspecified atom stereocenters. The number of ether oxygens (including phenoxy) is 4. The second-order valence-electron chi connectivity index (χ2n) is 23.5. The molecule has 0 aliphatic heterocycles. The van der Waals surface area contributed by atoms with Crippen molar-refractivity contribution in [1.82, 2.24) is 0 Å². The molecule has 2 saturated carbocycles. The Morgan fingerprint density at radius 2 is 0.942 bits per heavy atom. The number of hydrogen-bond donors (Lipinski definition) is 2. The Kier molecular flexibility index (Phi) is 14.6. The smallest absolute Gasteiger partial charge is 0.312 e. The number of rotatable bonds is 16. The van der Waals surface area contributed by atoms with Crippen LogP contribution in [0.25, 0.3) is 0 Å². The Hall–Kier alpha value is -4.66. The molecule has 8 atom stereocenters. The van der Waals surface area contributed by atoms with Gasteiger partial charge in [-0.3, -0.25) is 9.59 Å². The molecule has 2 N–H and O–H groups in total. The highest BCUT2D eigenvalue weighted by atomic mass is 16.6. The zero-order chi connectivity index (χ0) is 49.5. The third-order valence-corrected chi connectivity index (χ3v) is 17.9. The first-order valence-corrected chi connectivity index (χ1v) is 26.1. The zero-order valence-electron chi connectivity index (χ0n) is 43.3. The molecule has 372 valence electrons. The minimum atomic E-state index is -0.960. The summed E-state index contributed by atoms with van der Waals surface area (Å²) in [6.45, 7) is 21.9. The highest BCUT2D eigenvalue weighted by Gasteiger charge is 2.57. The van der Waals surface area contributed by atoms with Gasteiger partial charge in [0.15, 0.2) is 0 Å². The highest BCUT2D eigenvalue weighted by Crippen LogP contribution is 2.59. The van der Waals surface area contributed by atoms with E-state index in [0.29, 0.717) is 23.3 Å². The summed E-state index contributed by atoms with van der Waals surface area (Å²) in [5.74, 6) is 2.13. The van der Waals surface area contributed by atoms with Crippen molar-refractivity contribution in [2.75, 3.05) is 26.4 Å². The van der Waals surface area contributed by atoms with Crippen molar-refractivity contribution in [3.63, 3.8) is 0 Å². The summed E-state index contributed by atoms with van der Waals surface area (Å²) in [4.78, 5) is 27.7. The van der Waals surface area contributed by atoms with Gasteiger partial charge >= 0.3 is 11.9 Å². The highest BCUT2D eigenvalue weighted by molar-refractivity contribution is 5.78. The minimum absolute atomic E-state index is 0.00613. The molecule has 0 bridgehead atoms. The van der Waals surface area contributed by atoms with Crippen molar-refractivity contribution in [2.45, 2.75) is 174 Å². The summed E-state index contributed by atoms with van der Waals surface area (Å²) in [5.41, 5.74) is 8.80. The number of aliphatic hydroxyl groups excluding tert-OH is 2. The van der Waals surface area contributed by atoms with Crippen LogP contribution in [0, 0.1) is 22.7 Å². The summed E-state index contributed by atoms with van der Waals surface area (Å²) in [7, 11) is 0. The lowest BCUT2D eigenvalue weighted by molar-refractivity contribution is -0.168. The van der Waals surface area contributed by atoms with Crippen molar-refractivity contribution < 1.29 is 38.7 Å².